The number of tetrazole rings is 1. The van der Waals surface area contributed by atoms with Crippen molar-refractivity contribution in [1.82, 2.24) is 30.0 Å². The molecular weight excluding hydrogens is 277 g/mol. The van der Waals surface area contributed by atoms with E-state index in [0.29, 0.717) is 13.0 Å². The van der Waals surface area contributed by atoms with E-state index in [2.05, 4.69) is 20.6 Å². The van der Waals surface area contributed by atoms with E-state index in [4.69, 9.17) is 0 Å². The first-order valence-electron chi connectivity index (χ1n) is 5.74. The second-order valence-electron chi connectivity index (χ2n) is 4.15. The molecule has 0 spiro atoms. The summed E-state index contributed by atoms with van der Waals surface area (Å²) in [6.07, 6.45) is -2.91. The number of rotatable bonds is 4. The van der Waals surface area contributed by atoms with Crippen LogP contribution in [0.2, 0.25) is 0 Å². The first-order chi connectivity index (χ1) is 9.38. The Morgan fingerprint density at radius 1 is 1.30 bits per heavy atom. The van der Waals surface area contributed by atoms with Crippen LogP contribution in [0.3, 0.4) is 0 Å². The lowest BCUT2D eigenvalue weighted by molar-refractivity contribution is -0.139. The van der Waals surface area contributed by atoms with Gasteiger partial charge >= 0.3 is 6.18 Å². The summed E-state index contributed by atoms with van der Waals surface area (Å²) < 4.78 is 40.3. The molecule has 0 saturated carbocycles. The van der Waals surface area contributed by atoms with Gasteiger partial charge in [-0.15, -0.1) is 5.10 Å². The van der Waals surface area contributed by atoms with Gasteiger partial charge < -0.3 is 0 Å². The molecule has 0 saturated heterocycles. The molecule has 108 valence electrons. The van der Waals surface area contributed by atoms with Crippen molar-refractivity contribution in [1.29, 1.82) is 0 Å². The molecule has 0 atom stereocenters. The molecule has 10 heteroatoms. The number of nitrogens with zero attached hydrogens (tertiary/aromatic N) is 6. The first-order valence-corrected chi connectivity index (χ1v) is 5.74. The lowest BCUT2D eigenvalue weighted by atomic mass is 10.2. The molecule has 0 aliphatic rings. The van der Waals surface area contributed by atoms with Gasteiger partial charge in [-0.05, 0) is 29.8 Å². The van der Waals surface area contributed by atoms with Crippen molar-refractivity contribution in [2.24, 2.45) is 0 Å². The normalized spacial score (nSPS) is 11.8. The van der Waals surface area contributed by atoms with Crippen LogP contribution < -0.4 is 5.56 Å². The Hall–Kier alpha value is -2.26. The highest BCUT2D eigenvalue weighted by molar-refractivity contribution is 5.15. The molecule has 0 aliphatic carbocycles. The number of aryl methyl sites for hydroxylation is 3. The van der Waals surface area contributed by atoms with E-state index in [-0.39, 0.29) is 12.2 Å². The Kier molecular flexibility index (Phi) is 3.81. The summed E-state index contributed by atoms with van der Waals surface area (Å²) in [5.74, 6) is 0. The van der Waals surface area contributed by atoms with E-state index in [9.17, 15) is 18.0 Å². The number of alkyl halides is 3. The molecule has 0 radical (unpaired) electrons. The van der Waals surface area contributed by atoms with Gasteiger partial charge in [0.05, 0.1) is 5.69 Å². The monoisotopic (exact) mass is 288 g/mol. The maximum Gasteiger partial charge on any atom is 0.421 e. The summed E-state index contributed by atoms with van der Waals surface area (Å²) in [6, 6.07) is 0.750. The van der Waals surface area contributed by atoms with Crippen LogP contribution in [0.1, 0.15) is 17.7 Å². The van der Waals surface area contributed by atoms with Crippen LogP contribution in [0.25, 0.3) is 0 Å². The van der Waals surface area contributed by atoms with Gasteiger partial charge in [0.25, 0.3) is 5.56 Å². The topological polar surface area (TPSA) is 78.5 Å². The Morgan fingerprint density at radius 3 is 2.65 bits per heavy atom. The zero-order chi connectivity index (χ0) is 14.8. The Morgan fingerprint density at radius 2 is 2.05 bits per heavy atom. The molecule has 20 heavy (non-hydrogen) atoms. The molecule has 0 N–H and O–H groups in total. The highest BCUT2D eigenvalue weighted by Crippen LogP contribution is 2.26. The van der Waals surface area contributed by atoms with Crippen LogP contribution >= 0.6 is 0 Å². The summed E-state index contributed by atoms with van der Waals surface area (Å²) in [5.41, 5.74) is -2.20. The van der Waals surface area contributed by atoms with Gasteiger partial charge in [-0.3, -0.25) is 4.79 Å². The van der Waals surface area contributed by atoms with E-state index < -0.39 is 17.3 Å². The molecular formula is C10H11F3N6O. The molecule has 0 aliphatic heterocycles. The van der Waals surface area contributed by atoms with Crippen molar-refractivity contribution in [3.05, 3.63) is 34.0 Å². The Balaban J connectivity index is 2.15. The molecule has 0 bridgehead atoms. The average Bonchev–Trinajstić information content (AvgIpc) is 2.84. The fourth-order valence-electron chi connectivity index (χ4n) is 1.69. The summed E-state index contributed by atoms with van der Waals surface area (Å²) in [4.78, 5) is 11.7. The van der Waals surface area contributed by atoms with Crippen molar-refractivity contribution < 1.29 is 13.2 Å². The van der Waals surface area contributed by atoms with Gasteiger partial charge in [-0.2, -0.15) is 18.3 Å². The predicted octanol–water partition coefficient (Wildman–Crippen LogP) is 0.647. The van der Waals surface area contributed by atoms with Crippen LogP contribution in [0.5, 0.6) is 0 Å². The minimum atomic E-state index is -4.68. The third-order valence-corrected chi connectivity index (χ3v) is 2.55. The molecule has 0 unspecified atom stereocenters. The molecule has 2 heterocycles. The third kappa shape index (κ3) is 3.19. The van der Waals surface area contributed by atoms with Crippen LogP contribution in [-0.2, 0) is 19.3 Å². The summed E-state index contributed by atoms with van der Waals surface area (Å²) in [5, 5.41) is 14.3. The number of aromatic nitrogens is 6. The summed E-state index contributed by atoms with van der Waals surface area (Å²) >= 11 is 0. The van der Waals surface area contributed by atoms with Gasteiger partial charge in [0, 0.05) is 13.1 Å². The van der Waals surface area contributed by atoms with Crippen molar-refractivity contribution in [3.8, 4) is 0 Å². The van der Waals surface area contributed by atoms with Crippen LogP contribution in [0.4, 0.5) is 13.2 Å². The molecule has 0 fully saturated rings. The lowest BCUT2D eigenvalue weighted by Gasteiger charge is -2.10. The van der Waals surface area contributed by atoms with Crippen molar-refractivity contribution >= 4 is 0 Å². The number of hydrogen-bond acceptors (Lipinski definition) is 5. The van der Waals surface area contributed by atoms with E-state index in [1.165, 1.54) is 17.9 Å². The number of halogens is 3. The predicted molar refractivity (Wildman–Crippen MR) is 60.7 cm³/mol. The summed E-state index contributed by atoms with van der Waals surface area (Å²) in [6.45, 7) is 1.85. The SMILES string of the molecule is Cc1cc(C(F)(F)F)c(=O)n(CCCn2cnnn2)n1. The molecule has 2 aromatic rings. The van der Waals surface area contributed by atoms with Crippen LogP contribution in [0.15, 0.2) is 17.2 Å². The number of hydrogen-bond donors (Lipinski definition) is 0. The zero-order valence-corrected chi connectivity index (χ0v) is 10.5. The zero-order valence-electron chi connectivity index (χ0n) is 10.5. The standard InChI is InChI=1S/C10H11F3N6O/c1-7-5-8(10(11,12)13)9(20)19(15-7)4-2-3-18-6-14-16-17-18/h5-6H,2-4H2,1H3. The molecule has 7 nitrogen and oxygen atoms in total. The van der Waals surface area contributed by atoms with Crippen LogP contribution in [-0.4, -0.2) is 30.0 Å². The second kappa shape index (κ2) is 5.39. The van der Waals surface area contributed by atoms with E-state index in [1.807, 2.05) is 0 Å². The average molecular weight is 288 g/mol. The maximum atomic E-state index is 12.7. The maximum absolute atomic E-state index is 12.7. The van der Waals surface area contributed by atoms with E-state index in [1.54, 1.807) is 0 Å². The fourth-order valence-corrected chi connectivity index (χ4v) is 1.69. The molecule has 0 aromatic carbocycles. The van der Waals surface area contributed by atoms with Crippen molar-refractivity contribution in [2.75, 3.05) is 0 Å². The second-order valence-corrected chi connectivity index (χ2v) is 4.15. The van der Waals surface area contributed by atoms with Gasteiger partial charge in [0.2, 0.25) is 0 Å². The molecule has 2 aromatic heterocycles. The quantitative estimate of drug-likeness (QED) is 0.825. The van der Waals surface area contributed by atoms with Crippen molar-refractivity contribution in [2.45, 2.75) is 32.6 Å². The highest BCUT2D eigenvalue weighted by Gasteiger charge is 2.35. The molecule has 2 rings (SSSR count). The van der Waals surface area contributed by atoms with Crippen LogP contribution in [0, 0.1) is 6.92 Å². The minimum absolute atomic E-state index is 0.0590. The van der Waals surface area contributed by atoms with Crippen molar-refractivity contribution in [3.63, 3.8) is 0 Å². The smallest absolute Gasteiger partial charge is 0.267 e. The Bertz CT molecular complexity index is 633. The fraction of sp³-hybridized carbons (Fsp3) is 0.500. The van der Waals surface area contributed by atoms with Gasteiger partial charge in [0.1, 0.15) is 11.9 Å². The largest absolute Gasteiger partial charge is 0.421 e. The highest BCUT2D eigenvalue weighted by atomic mass is 19.4. The van der Waals surface area contributed by atoms with Gasteiger partial charge in [-0.1, -0.05) is 0 Å². The molecule has 0 amide bonds. The van der Waals surface area contributed by atoms with Gasteiger partial charge in [-0.25, -0.2) is 9.36 Å². The Labute approximate surface area is 111 Å². The first kappa shape index (κ1) is 14.2. The minimum Gasteiger partial charge on any atom is -0.267 e. The van der Waals surface area contributed by atoms with E-state index >= 15 is 0 Å². The van der Waals surface area contributed by atoms with E-state index in [0.717, 1.165) is 10.7 Å². The summed E-state index contributed by atoms with van der Waals surface area (Å²) in [7, 11) is 0. The third-order valence-electron chi connectivity index (χ3n) is 2.55. The van der Waals surface area contributed by atoms with Gasteiger partial charge in [0.15, 0.2) is 0 Å². The lowest BCUT2D eigenvalue weighted by Crippen LogP contribution is -2.31.